The van der Waals surface area contributed by atoms with E-state index in [0.717, 1.165) is 26.2 Å². The minimum absolute atomic E-state index is 0.0380. The van der Waals surface area contributed by atoms with Gasteiger partial charge in [0.15, 0.2) is 0 Å². The van der Waals surface area contributed by atoms with Crippen LogP contribution in [-0.4, -0.2) is 62.0 Å². The van der Waals surface area contributed by atoms with Crippen molar-refractivity contribution in [3.05, 3.63) is 106 Å². The zero-order chi connectivity index (χ0) is 28.9. The third kappa shape index (κ3) is 11.3. The van der Waals surface area contributed by atoms with E-state index in [1.807, 2.05) is 0 Å². The summed E-state index contributed by atoms with van der Waals surface area (Å²) in [5.41, 5.74) is 7.68. The van der Waals surface area contributed by atoms with E-state index in [2.05, 4.69) is 110 Å². The minimum atomic E-state index is 0.0380. The monoisotopic (exact) mass is 560 g/mol. The number of ether oxygens (including phenoxy) is 4. The molecule has 0 aromatic heterocycles. The topological polar surface area (TPSA) is 43.4 Å². The van der Waals surface area contributed by atoms with Gasteiger partial charge in [-0.2, -0.15) is 0 Å². The maximum atomic E-state index is 5.82. The summed E-state index contributed by atoms with van der Waals surface area (Å²) in [5.74, 6) is 0. The number of nitrogens with zero attached hydrogens (tertiary/aromatic N) is 2. The molecule has 0 atom stereocenters. The first-order valence-electron chi connectivity index (χ1n) is 14.8. The molecule has 0 radical (unpaired) electrons. The Labute approximate surface area is 247 Å². The van der Waals surface area contributed by atoms with Crippen LogP contribution in [0.4, 0.5) is 0 Å². The fraction of sp³-hybridized carbons (Fsp3) is 0.486. The minimum Gasteiger partial charge on any atom is -0.377 e. The zero-order valence-electron chi connectivity index (χ0n) is 25.4. The number of rotatable bonds is 0. The number of benzene rings is 3. The summed E-state index contributed by atoms with van der Waals surface area (Å²) < 4.78 is 22.9. The molecular formula is C35H48N2O4. The van der Waals surface area contributed by atoms with Gasteiger partial charge in [-0.3, -0.25) is 9.80 Å². The van der Waals surface area contributed by atoms with E-state index in [1.165, 1.54) is 33.4 Å². The largest absolute Gasteiger partial charge is 0.377 e. The lowest BCUT2D eigenvalue weighted by Crippen LogP contribution is -2.40. The molecule has 0 N–H and O–H groups in total. The maximum Gasteiger partial charge on any atom is 0.0718 e. The van der Waals surface area contributed by atoms with Crippen molar-refractivity contribution >= 4 is 0 Å². The molecule has 0 fully saturated rings. The smallest absolute Gasteiger partial charge is 0.0718 e. The molecule has 41 heavy (non-hydrogen) atoms. The molecule has 4 aliphatic heterocycles. The summed E-state index contributed by atoms with van der Waals surface area (Å²) in [6, 6.07) is 26.6. The second-order valence-electron chi connectivity index (χ2n) is 12.0. The van der Waals surface area contributed by atoms with Gasteiger partial charge in [-0.15, -0.1) is 0 Å². The van der Waals surface area contributed by atoms with Gasteiger partial charge in [-0.25, -0.2) is 0 Å². The van der Waals surface area contributed by atoms with Crippen molar-refractivity contribution < 1.29 is 18.9 Å². The van der Waals surface area contributed by atoms with Gasteiger partial charge in [0.25, 0.3) is 0 Å². The highest BCUT2D eigenvalue weighted by Crippen LogP contribution is 2.22. The first kappa shape index (κ1) is 31.4. The molecule has 7 rings (SSSR count). The Morgan fingerprint density at radius 2 is 0.878 bits per heavy atom. The maximum absolute atomic E-state index is 5.82. The molecule has 4 heterocycles. The molecule has 0 spiro atoms. The predicted molar refractivity (Wildman–Crippen MR) is 164 cm³/mol. The van der Waals surface area contributed by atoms with Crippen LogP contribution in [0.1, 0.15) is 54.2 Å². The van der Waals surface area contributed by atoms with Crippen LogP contribution in [0.15, 0.2) is 72.8 Å². The van der Waals surface area contributed by atoms with Crippen molar-refractivity contribution in [2.24, 2.45) is 0 Å². The Morgan fingerprint density at radius 1 is 0.488 bits per heavy atom. The van der Waals surface area contributed by atoms with Crippen LogP contribution in [0.2, 0.25) is 0 Å². The van der Waals surface area contributed by atoms with E-state index in [0.29, 0.717) is 52.9 Å². The SMILES string of the molecule is CN1Cc2ccc(cc2)COCCOCCOCCOCc2ccc(cc2)CN(C(C)(C)C)Cc2cccc(c2)C1. The highest BCUT2D eigenvalue weighted by molar-refractivity contribution is 5.26. The summed E-state index contributed by atoms with van der Waals surface area (Å²) in [6.07, 6.45) is 0. The van der Waals surface area contributed by atoms with Crippen molar-refractivity contribution in [1.82, 2.24) is 9.80 Å². The fourth-order valence-electron chi connectivity index (χ4n) is 4.90. The van der Waals surface area contributed by atoms with Gasteiger partial charge in [0.05, 0.1) is 52.9 Å². The Morgan fingerprint density at radius 3 is 1.39 bits per heavy atom. The van der Waals surface area contributed by atoms with Gasteiger partial charge in [0.1, 0.15) is 0 Å². The Kier molecular flexibility index (Phi) is 12.4. The Balaban J connectivity index is 1.43. The predicted octanol–water partition coefficient (Wildman–Crippen LogP) is 6.20. The van der Waals surface area contributed by atoms with E-state index in [1.54, 1.807) is 0 Å². The van der Waals surface area contributed by atoms with Gasteiger partial charge >= 0.3 is 0 Å². The van der Waals surface area contributed by atoms with Gasteiger partial charge in [0, 0.05) is 31.7 Å². The molecule has 3 aromatic carbocycles. The standard InChI is InChI=1S/C35H48N2O4/c1-35(2,3)37-25-30-10-14-32(15-11-30)28-41-21-19-39-17-16-38-18-20-40-27-31-12-8-29(9-13-31)23-36(4)24-33-6-5-7-34(22-33)26-37/h5-15,22H,16-21,23-28H2,1-4H3. The molecule has 0 saturated heterocycles. The van der Waals surface area contributed by atoms with E-state index in [9.17, 15) is 0 Å². The zero-order valence-corrected chi connectivity index (χ0v) is 25.4. The van der Waals surface area contributed by atoms with Crippen LogP contribution >= 0.6 is 0 Å². The second-order valence-corrected chi connectivity index (χ2v) is 12.0. The third-order valence-corrected chi connectivity index (χ3v) is 7.29. The molecule has 0 unspecified atom stereocenters. The average molecular weight is 561 g/mol. The number of hydrogen-bond donors (Lipinski definition) is 0. The van der Waals surface area contributed by atoms with E-state index in [4.69, 9.17) is 18.9 Å². The van der Waals surface area contributed by atoms with Crippen LogP contribution in [0.25, 0.3) is 0 Å². The molecule has 6 bridgehead atoms. The fourth-order valence-corrected chi connectivity index (χ4v) is 4.90. The normalized spacial score (nSPS) is 18.4. The summed E-state index contributed by atoms with van der Waals surface area (Å²) in [6.45, 7) is 15.0. The molecule has 0 saturated carbocycles. The quantitative estimate of drug-likeness (QED) is 0.326. The van der Waals surface area contributed by atoms with E-state index >= 15 is 0 Å². The Bertz CT molecular complexity index is 1160. The van der Waals surface area contributed by atoms with E-state index < -0.39 is 0 Å². The summed E-state index contributed by atoms with van der Waals surface area (Å²) in [7, 11) is 2.19. The van der Waals surface area contributed by atoms with Crippen molar-refractivity contribution in [3.8, 4) is 0 Å². The molecule has 0 aliphatic carbocycles. The van der Waals surface area contributed by atoms with Crippen molar-refractivity contribution in [2.45, 2.75) is 65.7 Å². The van der Waals surface area contributed by atoms with Crippen LogP contribution in [-0.2, 0) is 58.3 Å². The summed E-state index contributed by atoms with van der Waals surface area (Å²) in [4.78, 5) is 4.92. The molecule has 6 heteroatoms. The lowest BCUT2D eigenvalue weighted by atomic mass is 10.0. The highest BCUT2D eigenvalue weighted by atomic mass is 16.6. The Hall–Kier alpha value is -2.58. The summed E-state index contributed by atoms with van der Waals surface area (Å²) in [5, 5.41) is 0. The second kappa shape index (κ2) is 16.2. The van der Waals surface area contributed by atoms with Gasteiger partial charge in [-0.05, 0) is 61.2 Å². The molecule has 0 amide bonds. The van der Waals surface area contributed by atoms with Crippen LogP contribution < -0.4 is 0 Å². The molecule has 3 aromatic rings. The van der Waals surface area contributed by atoms with Crippen LogP contribution in [0, 0.1) is 0 Å². The molecule has 222 valence electrons. The number of hydrogen-bond acceptors (Lipinski definition) is 6. The van der Waals surface area contributed by atoms with Crippen molar-refractivity contribution in [2.75, 3.05) is 46.7 Å². The van der Waals surface area contributed by atoms with Gasteiger partial charge in [0.2, 0.25) is 0 Å². The lowest BCUT2D eigenvalue weighted by Gasteiger charge is -2.36. The van der Waals surface area contributed by atoms with Crippen molar-refractivity contribution in [1.29, 1.82) is 0 Å². The summed E-state index contributed by atoms with van der Waals surface area (Å²) >= 11 is 0. The lowest BCUT2D eigenvalue weighted by molar-refractivity contribution is -0.00619. The van der Waals surface area contributed by atoms with Crippen LogP contribution in [0.3, 0.4) is 0 Å². The first-order chi connectivity index (χ1) is 19.8. The molecule has 4 aliphatic rings. The molecular weight excluding hydrogens is 512 g/mol. The van der Waals surface area contributed by atoms with E-state index in [-0.39, 0.29) is 5.54 Å². The van der Waals surface area contributed by atoms with Gasteiger partial charge < -0.3 is 18.9 Å². The van der Waals surface area contributed by atoms with Crippen molar-refractivity contribution in [3.63, 3.8) is 0 Å². The molecule has 6 nitrogen and oxygen atoms in total. The van der Waals surface area contributed by atoms with Crippen LogP contribution in [0.5, 0.6) is 0 Å². The van der Waals surface area contributed by atoms with Gasteiger partial charge in [-0.1, -0.05) is 72.8 Å². The highest BCUT2D eigenvalue weighted by Gasteiger charge is 2.22. The average Bonchev–Trinajstić information content (AvgIpc) is 2.94. The first-order valence-corrected chi connectivity index (χ1v) is 14.8. The third-order valence-electron chi connectivity index (χ3n) is 7.29.